The molecule has 2 atom stereocenters. The van der Waals surface area contributed by atoms with Gasteiger partial charge in [0.15, 0.2) is 0 Å². The lowest BCUT2D eigenvalue weighted by atomic mass is 9.97. The van der Waals surface area contributed by atoms with Gasteiger partial charge < -0.3 is 4.74 Å². The Bertz CT molecular complexity index is 626. The highest BCUT2D eigenvalue weighted by molar-refractivity contribution is 6.31. The molecule has 1 heterocycles. The van der Waals surface area contributed by atoms with E-state index in [-0.39, 0.29) is 11.5 Å². The zero-order valence-corrected chi connectivity index (χ0v) is 13.0. The summed E-state index contributed by atoms with van der Waals surface area (Å²) >= 11 is 12.8. The van der Waals surface area contributed by atoms with Crippen LogP contribution in [0.25, 0.3) is 0 Å². The molecule has 0 N–H and O–H groups in total. The Kier molecular flexibility index (Phi) is 3.66. The number of halogens is 2. The average Bonchev–Trinajstić information content (AvgIpc) is 2.86. The predicted molar refractivity (Wildman–Crippen MR) is 84.1 cm³/mol. The number of hydrogen-bond donors (Lipinski definition) is 0. The van der Waals surface area contributed by atoms with Crippen LogP contribution in [0.3, 0.4) is 0 Å². The van der Waals surface area contributed by atoms with Gasteiger partial charge in [-0.1, -0.05) is 35.9 Å². The van der Waals surface area contributed by atoms with E-state index in [0.29, 0.717) is 0 Å². The summed E-state index contributed by atoms with van der Waals surface area (Å²) in [6, 6.07) is 12.2. The summed E-state index contributed by atoms with van der Waals surface area (Å²) < 4.78 is 5.98. The predicted octanol–water partition coefficient (Wildman–Crippen LogP) is 5.24. The van der Waals surface area contributed by atoms with Crippen LogP contribution in [-0.4, -0.2) is 6.10 Å². The number of benzene rings is 2. The van der Waals surface area contributed by atoms with Gasteiger partial charge in [-0.15, -0.1) is 11.6 Å². The molecule has 3 rings (SSSR count). The number of para-hydroxylation sites is 1. The van der Waals surface area contributed by atoms with E-state index < -0.39 is 0 Å². The highest BCUT2D eigenvalue weighted by atomic mass is 35.5. The first kappa shape index (κ1) is 13.8. The molecule has 0 aromatic heterocycles. The van der Waals surface area contributed by atoms with Crippen molar-refractivity contribution in [3.63, 3.8) is 0 Å². The second-order valence-corrected chi connectivity index (χ2v) is 6.21. The maximum absolute atomic E-state index is 6.66. The van der Waals surface area contributed by atoms with Crippen LogP contribution in [-0.2, 0) is 6.42 Å². The van der Waals surface area contributed by atoms with Crippen LogP contribution in [0.2, 0.25) is 5.02 Å². The first-order chi connectivity index (χ1) is 9.56. The maximum Gasteiger partial charge on any atom is 0.123 e. The van der Waals surface area contributed by atoms with Crippen molar-refractivity contribution in [3.8, 4) is 5.75 Å². The minimum absolute atomic E-state index is 0.0201. The number of fused-ring (bicyclic) bond motifs is 1. The topological polar surface area (TPSA) is 9.23 Å². The van der Waals surface area contributed by atoms with Gasteiger partial charge in [-0.05, 0) is 48.2 Å². The van der Waals surface area contributed by atoms with E-state index in [0.717, 1.165) is 33.9 Å². The van der Waals surface area contributed by atoms with Gasteiger partial charge in [0.05, 0.1) is 5.38 Å². The lowest BCUT2D eigenvalue weighted by molar-refractivity contribution is 0.227. The molecule has 1 nitrogen and oxygen atoms in total. The first-order valence-corrected chi connectivity index (χ1v) is 7.53. The second kappa shape index (κ2) is 5.31. The maximum atomic E-state index is 6.66. The number of rotatable bonds is 2. The van der Waals surface area contributed by atoms with Crippen LogP contribution < -0.4 is 4.74 Å². The fourth-order valence-electron chi connectivity index (χ4n) is 2.67. The first-order valence-electron chi connectivity index (χ1n) is 6.71. The molecule has 0 radical (unpaired) electrons. The fourth-order valence-corrected chi connectivity index (χ4v) is 3.27. The Hall–Kier alpha value is -1.18. The van der Waals surface area contributed by atoms with Gasteiger partial charge in [0.25, 0.3) is 0 Å². The molecular formula is C17H16Cl2O. The molecule has 1 aliphatic rings. The second-order valence-electron chi connectivity index (χ2n) is 5.33. The summed E-state index contributed by atoms with van der Waals surface area (Å²) in [6.45, 7) is 4.04. The lowest BCUT2D eigenvalue weighted by Gasteiger charge is -2.20. The lowest BCUT2D eigenvalue weighted by Crippen LogP contribution is -2.20. The number of ether oxygens (including phenoxy) is 1. The van der Waals surface area contributed by atoms with Crippen LogP contribution in [0.1, 0.15) is 27.6 Å². The highest BCUT2D eigenvalue weighted by Gasteiger charge is 2.30. The van der Waals surface area contributed by atoms with Crippen molar-refractivity contribution >= 4 is 23.2 Å². The van der Waals surface area contributed by atoms with Crippen molar-refractivity contribution in [1.29, 1.82) is 0 Å². The van der Waals surface area contributed by atoms with Crippen molar-refractivity contribution in [3.05, 3.63) is 63.7 Å². The van der Waals surface area contributed by atoms with Gasteiger partial charge in [-0.3, -0.25) is 0 Å². The standard InChI is InChI=1S/C17H16Cl2O/c1-10-8-14(18)11(2)7-13(10)17(19)16-9-12-5-3-4-6-15(12)20-16/h3-8,16-17H,9H2,1-2H3. The molecule has 0 saturated heterocycles. The minimum Gasteiger partial charge on any atom is -0.488 e. The van der Waals surface area contributed by atoms with E-state index in [2.05, 4.69) is 12.1 Å². The van der Waals surface area contributed by atoms with Gasteiger partial charge in [-0.25, -0.2) is 0 Å². The summed E-state index contributed by atoms with van der Waals surface area (Å²) in [7, 11) is 0. The molecule has 0 spiro atoms. The Morgan fingerprint density at radius 3 is 2.65 bits per heavy atom. The molecule has 3 heteroatoms. The zero-order chi connectivity index (χ0) is 14.3. The van der Waals surface area contributed by atoms with E-state index in [4.69, 9.17) is 27.9 Å². The molecule has 0 amide bonds. The third-order valence-corrected chi connectivity index (χ3v) is 4.77. The largest absolute Gasteiger partial charge is 0.488 e. The monoisotopic (exact) mass is 306 g/mol. The van der Waals surface area contributed by atoms with Crippen molar-refractivity contribution in [2.45, 2.75) is 31.7 Å². The van der Waals surface area contributed by atoms with E-state index in [1.807, 2.05) is 38.1 Å². The van der Waals surface area contributed by atoms with Gasteiger partial charge in [0.2, 0.25) is 0 Å². The Labute approximate surface area is 129 Å². The number of hydrogen-bond acceptors (Lipinski definition) is 1. The molecule has 20 heavy (non-hydrogen) atoms. The molecule has 2 unspecified atom stereocenters. The van der Waals surface area contributed by atoms with Crippen LogP contribution >= 0.6 is 23.2 Å². The van der Waals surface area contributed by atoms with Crippen LogP contribution in [0.5, 0.6) is 5.75 Å². The van der Waals surface area contributed by atoms with E-state index >= 15 is 0 Å². The Morgan fingerprint density at radius 2 is 1.90 bits per heavy atom. The van der Waals surface area contributed by atoms with Crippen molar-refractivity contribution in [2.24, 2.45) is 0 Å². The van der Waals surface area contributed by atoms with Crippen molar-refractivity contribution in [1.82, 2.24) is 0 Å². The van der Waals surface area contributed by atoms with Gasteiger partial charge in [0, 0.05) is 11.4 Å². The number of alkyl halides is 1. The van der Waals surface area contributed by atoms with Crippen molar-refractivity contribution < 1.29 is 4.74 Å². The quantitative estimate of drug-likeness (QED) is 0.689. The highest BCUT2D eigenvalue weighted by Crippen LogP contribution is 2.39. The Morgan fingerprint density at radius 1 is 1.15 bits per heavy atom. The smallest absolute Gasteiger partial charge is 0.123 e. The fraction of sp³-hybridized carbons (Fsp3) is 0.294. The third kappa shape index (κ3) is 2.41. The van der Waals surface area contributed by atoms with Crippen LogP contribution in [0, 0.1) is 13.8 Å². The summed E-state index contributed by atoms with van der Waals surface area (Å²) in [6.07, 6.45) is 0.833. The molecule has 0 fully saturated rings. The molecule has 2 aromatic carbocycles. The van der Waals surface area contributed by atoms with E-state index in [9.17, 15) is 0 Å². The number of aryl methyl sites for hydroxylation is 2. The van der Waals surface area contributed by atoms with E-state index in [1.165, 1.54) is 5.56 Å². The van der Waals surface area contributed by atoms with Gasteiger partial charge >= 0.3 is 0 Å². The van der Waals surface area contributed by atoms with Crippen molar-refractivity contribution in [2.75, 3.05) is 0 Å². The molecular weight excluding hydrogens is 291 g/mol. The van der Waals surface area contributed by atoms with Gasteiger partial charge in [0.1, 0.15) is 11.9 Å². The summed E-state index contributed by atoms with van der Waals surface area (Å²) in [5.41, 5.74) is 4.49. The third-order valence-electron chi connectivity index (χ3n) is 3.84. The molecule has 1 aliphatic heterocycles. The summed E-state index contributed by atoms with van der Waals surface area (Å²) in [4.78, 5) is 0. The van der Waals surface area contributed by atoms with Crippen LogP contribution in [0.4, 0.5) is 0 Å². The minimum atomic E-state index is -0.168. The molecule has 104 valence electrons. The Balaban J connectivity index is 1.88. The average molecular weight is 307 g/mol. The zero-order valence-electron chi connectivity index (χ0n) is 11.5. The molecule has 2 aromatic rings. The molecule has 0 saturated carbocycles. The van der Waals surface area contributed by atoms with Gasteiger partial charge in [-0.2, -0.15) is 0 Å². The normalized spacial score (nSPS) is 18.5. The SMILES string of the molecule is Cc1cc(C(Cl)C2Cc3ccccc3O2)c(C)cc1Cl. The molecule has 0 aliphatic carbocycles. The molecule has 0 bridgehead atoms. The summed E-state index contributed by atoms with van der Waals surface area (Å²) in [5.74, 6) is 0.950. The van der Waals surface area contributed by atoms with Crippen LogP contribution in [0.15, 0.2) is 36.4 Å². The summed E-state index contributed by atoms with van der Waals surface area (Å²) in [5, 5.41) is 0.615. The van der Waals surface area contributed by atoms with E-state index in [1.54, 1.807) is 0 Å².